The van der Waals surface area contributed by atoms with Gasteiger partial charge in [-0.15, -0.1) is 11.3 Å². The normalized spacial score (nSPS) is 11.7. The van der Waals surface area contributed by atoms with Crippen LogP contribution in [0.3, 0.4) is 0 Å². The van der Waals surface area contributed by atoms with Crippen molar-refractivity contribution in [1.82, 2.24) is 9.38 Å². The summed E-state index contributed by atoms with van der Waals surface area (Å²) in [6, 6.07) is 4.60. The van der Waals surface area contributed by atoms with Gasteiger partial charge >= 0.3 is 6.18 Å². The summed E-state index contributed by atoms with van der Waals surface area (Å²) < 4.78 is 40.4. The number of anilines is 1. The molecule has 0 atom stereocenters. The van der Waals surface area contributed by atoms with Gasteiger partial charge in [0.25, 0.3) is 11.5 Å². The predicted octanol–water partition coefficient (Wildman–Crippen LogP) is 3.59. The Balaban J connectivity index is 2.08. The molecule has 0 spiro atoms. The highest BCUT2D eigenvalue weighted by molar-refractivity contribution is 7.15. The van der Waals surface area contributed by atoms with Gasteiger partial charge in [-0.05, 0) is 18.6 Å². The second-order valence-electron chi connectivity index (χ2n) is 5.15. The van der Waals surface area contributed by atoms with Crippen LogP contribution in [0.1, 0.15) is 28.5 Å². The van der Waals surface area contributed by atoms with Crippen LogP contribution in [0.15, 0.2) is 40.6 Å². The Morgan fingerprint density at radius 1 is 1.32 bits per heavy atom. The van der Waals surface area contributed by atoms with E-state index in [1.165, 1.54) is 34.1 Å². The summed E-state index contributed by atoms with van der Waals surface area (Å²) in [5.74, 6) is -0.911. The minimum Gasteiger partial charge on any atom is -0.321 e. The minimum absolute atomic E-state index is 0.245. The summed E-state index contributed by atoms with van der Waals surface area (Å²) in [6.45, 7) is 1.71. The van der Waals surface area contributed by atoms with E-state index >= 15 is 0 Å². The maximum Gasteiger partial charge on any atom is 0.418 e. The highest BCUT2D eigenvalue weighted by Gasteiger charge is 2.34. The number of hydrogen-bond acceptors (Lipinski definition) is 4. The maximum absolute atomic E-state index is 13.1. The van der Waals surface area contributed by atoms with E-state index in [1.54, 1.807) is 12.3 Å². The summed E-state index contributed by atoms with van der Waals surface area (Å²) in [6.07, 6.45) is -2.86. The van der Waals surface area contributed by atoms with E-state index in [1.807, 2.05) is 0 Å². The Hall–Kier alpha value is -2.68. The van der Waals surface area contributed by atoms with Gasteiger partial charge in [-0.2, -0.15) is 13.2 Å². The highest BCUT2D eigenvalue weighted by atomic mass is 32.1. The minimum atomic E-state index is -4.62. The van der Waals surface area contributed by atoms with Crippen molar-refractivity contribution in [2.75, 3.05) is 5.32 Å². The molecule has 130 valence electrons. The SMILES string of the molecule is CCc1nc2sccn2c(=O)c1C(=O)Nc1ccccc1C(F)(F)F. The van der Waals surface area contributed by atoms with Crippen LogP contribution in [0, 0.1) is 0 Å². The van der Waals surface area contributed by atoms with Crippen LogP contribution in [0.25, 0.3) is 4.96 Å². The molecular weight excluding hydrogens is 355 g/mol. The van der Waals surface area contributed by atoms with Gasteiger partial charge in [-0.3, -0.25) is 14.0 Å². The van der Waals surface area contributed by atoms with Crippen LogP contribution in [0.2, 0.25) is 0 Å². The molecule has 5 nitrogen and oxygen atoms in total. The molecule has 2 heterocycles. The van der Waals surface area contributed by atoms with Crippen molar-refractivity contribution in [2.45, 2.75) is 19.5 Å². The first-order valence-electron chi connectivity index (χ1n) is 7.29. The van der Waals surface area contributed by atoms with Gasteiger partial charge in [0.05, 0.1) is 16.9 Å². The smallest absolute Gasteiger partial charge is 0.321 e. The standard InChI is InChI=1S/C16H12F3N3O2S/c1-2-10-12(14(24)22-7-8-25-15(22)21-10)13(23)20-11-6-4-3-5-9(11)16(17,18)19/h3-8H,2H2,1H3,(H,20,23). The summed E-state index contributed by atoms with van der Waals surface area (Å²) >= 11 is 1.23. The third-order valence-electron chi connectivity index (χ3n) is 3.58. The van der Waals surface area contributed by atoms with Crippen molar-refractivity contribution < 1.29 is 18.0 Å². The number of amides is 1. The molecular formula is C16H12F3N3O2S. The van der Waals surface area contributed by atoms with E-state index in [2.05, 4.69) is 10.3 Å². The predicted molar refractivity (Wildman–Crippen MR) is 88.1 cm³/mol. The zero-order valence-electron chi connectivity index (χ0n) is 12.9. The van der Waals surface area contributed by atoms with E-state index in [0.717, 1.165) is 12.1 Å². The Bertz CT molecular complexity index is 1010. The van der Waals surface area contributed by atoms with E-state index < -0.39 is 28.9 Å². The third-order valence-corrected chi connectivity index (χ3v) is 4.34. The van der Waals surface area contributed by atoms with Crippen LogP contribution in [-0.2, 0) is 12.6 Å². The van der Waals surface area contributed by atoms with Gasteiger partial charge in [0.2, 0.25) is 0 Å². The lowest BCUT2D eigenvalue weighted by Crippen LogP contribution is -2.29. The summed E-state index contributed by atoms with van der Waals surface area (Å²) in [5.41, 5.74) is -2.00. The lowest BCUT2D eigenvalue weighted by molar-refractivity contribution is -0.136. The number of halogens is 3. The first-order valence-corrected chi connectivity index (χ1v) is 8.17. The van der Waals surface area contributed by atoms with Crippen LogP contribution in [0.5, 0.6) is 0 Å². The number of fused-ring (bicyclic) bond motifs is 1. The van der Waals surface area contributed by atoms with Crippen molar-refractivity contribution in [3.63, 3.8) is 0 Å². The number of hydrogen-bond donors (Lipinski definition) is 1. The number of carbonyl (C=O) groups is 1. The Labute approximate surface area is 143 Å². The Morgan fingerprint density at radius 2 is 2.04 bits per heavy atom. The monoisotopic (exact) mass is 367 g/mol. The van der Waals surface area contributed by atoms with Crippen LogP contribution in [0.4, 0.5) is 18.9 Å². The number of nitrogens with zero attached hydrogens (tertiary/aromatic N) is 2. The molecule has 1 aromatic carbocycles. The molecule has 3 aromatic rings. The van der Waals surface area contributed by atoms with Crippen molar-refractivity contribution in [3.05, 3.63) is 63.0 Å². The first-order chi connectivity index (χ1) is 11.8. The average Bonchev–Trinajstić information content (AvgIpc) is 3.02. The van der Waals surface area contributed by atoms with Crippen LogP contribution < -0.4 is 10.9 Å². The molecule has 9 heteroatoms. The summed E-state index contributed by atoms with van der Waals surface area (Å²) in [7, 11) is 0. The number of para-hydroxylation sites is 1. The number of alkyl halides is 3. The maximum atomic E-state index is 13.1. The number of aryl methyl sites for hydroxylation is 1. The molecule has 0 radical (unpaired) electrons. The Morgan fingerprint density at radius 3 is 2.72 bits per heavy atom. The molecule has 0 fully saturated rings. The van der Waals surface area contributed by atoms with Crippen molar-refractivity contribution >= 4 is 27.9 Å². The highest BCUT2D eigenvalue weighted by Crippen LogP contribution is 2.34. The molecule has 3 rings (SSSR count). The molecule has 0 bridgehead atoms. The third kappa shape index (κ3) is 3.14. The number of benzene rings is 1. The van der Waals surface area contributed by atoms with Crippen LogP contribution in [-0.4, -0.2) is 15.3 Å². The number of rotatable bonds is 3. The number of carbonyl (C=O) groups excluding carboxylic acids is 1. The van der Waals surface area contributed by atoms with Gasteiger partial charge in [-0.1, -0.05) is 19.1 Å². The van der Waals surface area contributed by atoms with Gasteiger partial charge in [0.15, 0.2) is 4.96 Å². The van der Waals surface area contributed by atoms with Crippen molar-refractivity contribution in [3.8, 4) is 0 Å². The van der Waals surface area contributed by atoms with Crippen molar-refractivity contribution in [2.24, 2.45) is 0 Å². The molecule has 0 unspecified atom stereocenters. The second-order valence-corrected chi connectivity index (χ2v) is 6.02. The van der Waals surface area contributed by atoms with Gasteiger partial charge < -0.3 is 5.32 Å². The quantitative estimate of drug-likeness (QED) is 0.770. The molecule has 0 aliphatic heterocycles. The van der Waals surface area contributed by atoms with Gasteiger partial charge in [0, 0.05) is 11.6 Å². The van der Waals surface area contributed by atoms with Gasteiger partial charge in [0.1, 0.15) is 5.56 Å². The fraction of sp³-hybridized carbons (Fsp3) is 0.188. The molecule has 2 aromatic heterocycles. The topological polar surface area (TPSA) is 63.5 Å². The van der Waals surface area contributed by atoms with E-state index in [0.29, 0.717) is 11.4 Å². The lowest BCUT2D eigenvalue weighted by Gasteiger charge is -2.14. The molecule has 0 aliphatic carbocycles. The molecule has 1 N–H and O–H groups in total. The fourth-order valence-electron chi connectivity index (χ4n) is 2.43. The molecule has 0 aliphatic rings. The van der Waals surface area contributed by atoms with E-state index in [9.17, 15) is 22.8 Å². The average molecular weight is 367 g/mol. The molecule has 0 saturated heterocycles. The molecule has 25 heavy (non-hydrogen) atoms. The fourth-order valence-corrected chi connectivity index (χ4v) is 3.16. The van der Waals surface area contributed by atoms with E-state index in [-0.39, 0.29) is 11.3 Å². The second kappa shape index (κ2) is 6.32. The van der Waals surface area contributed by atoms with Gasteiger partial charge in [-0.25, -0.2) is 4.98 Å². The molecule has 0 saturated carbocycles. The number of thiazole rings is 1. The van der Waals surface area contributed by atoms with E-state index in [4.69, 9.17) is 0 Å². The van der Waals surface area contributed by atoms with Crippen molar-refractivity contribution in [1.29, 1.82) is 0 Å². The zero-order valence-corrected chi connectivity index (χ0v) is 13.7. The number of aromatic nitrogens is 2. The summed E-state index contributed by atoms with van der Waals surface area (Å²) in [4.78, 5) is 29.7. The first kappa shape index (κ1) is 17.2. The number of nitrogens with one attached hydrogen (secondary N) is 1. The largest absolute Gasteiger partial charge is 0.418 e. The Kier molecular flexibility index (Phi) is 4.34. The lowest BCUT2D eigenvalue weighted by atomic mass is 10.1. The summed E-state index contributed by atoms with van der Waals surface area (Å²) in [5, 5.41) is 3.84. The molecule has 1 amide bonds. The zero-order chi connectivity index (χ0) is 18.2. The van der Waals surface area contributed by atoms with Crippen LogP contribution >= 0.6 is 11.3 Å².